The first kappa shape index (κ1) is 14.9. The van der Waals surface area contributed by atoms with Gasteiger partial charge in [0.25, 0.3) is 5.56 Å². The van der Waals surface area contributed by atoms with Crippen LogP contribution in [0.2, 0.25) is 0 Å². The van der Waals surface area contributed by atoms with Gasteiger partial charge in [-0.15, -0.1) is 0 Å². The average molecular weight is 298 g/mol. The Morgan fingerprint density at radius 3 is 2.91 bits per heavy atom. The Kier molecular flexibility index (Phi) is 4.32. The lowest BCUT2D eigenvalue weighted by Crippen LogP contribution is -2.26. The second kappa shape index (κ2) is 6.38. The molecule has 1 aliphatic heterocycles. The molecule has 3 rings (SSSR count). The Balaban J connectivity index is 2.09. The number of rotatable bonds is 3. The quantitative estimate of drug-likeness (QED) is 0.874. The van der Waals surface area contributed by atoms with Crippen LogP contribution in [0, 0.1) is 5.92 Å². The van der Waals surface area contributed by atoms with E-state index in [1.54, 1.807) is 18.3 Å². The molecule has 0 aliphatic carbocycles. The van der Waals surface area contributed by atoms with Crippen LogP contribution in [-0.2, 0) is 6.54 Å². The van der Waals surface area contributed by atoms with E-state index in [2.05, 4.69) is 23.8 Å². The molecule has 22 heavy (non-hydrogen) atoms. The van der Waals surface area contributed by atoms with Crippen molar-refractivity contribution >= 4 is 0 Å². The van der Waals surface area contributed by atoms with Crippen LogP contribution in [0.15, 0.2) is 29.5 Å². The van der Waals surface area contributed by atoms with Crippen LogP contribution >= 0.6 is 0 Å². The molecule has 116 valence electrons. The molecule has 5 nitrogen and oxygen atoms in total. The van der Waals surface area contributed by atoms with Gasteiger partial charge < -0.3 is 0 Å². The van der Waals surface area contributed by atoms with E-state index in [4.69, 9.17) is 4.98 Å². The summed E-state index contributed by atoms with van der Waals surface area (Å²) >= 11 is 0. The van der Waals surface area contributed by atoms with E-state index >= 15 is 0 Å². The molecule has 5 heteroatoms. The highest BCUT2D eigenvalue weighted by atomic mass is 16.1. The van der Waals surface area contributed by atoms with E-state index in [0.717, 1.165) is 38.1 Å². The summed E-state index contributed by atoms with van der Waals surface area (Å²) in [6.07, 6.45) is 7.56. The Labute approximate surface area is 130 Å². The summed E-state index contributed by atoms with van der Waals surface area (Å²) in [7, 11) is 0. The van der Waals surface area contributed by atoms with E-state index < -0.39 is 0 Å². The summed E-state index contributed by atoms with van der Waals surface area (Å²) in [6.45, 7) is 5.23. The van der Waals surface area contributed by atoms with Gasteiger partial charge in [-0.05, 0) is 31.2 Å². The van der Waals surface area contributed by atoms with Crippen LogP contribution in [0.4, 0.5) is 0 Å². The molecule has 1 aliphatic rings. The minimum atomic E-state index is 0.0364. The first-order valence-electron chi connectivity index (χ1n) is 8.03. The average Bonchev–Trinajstić information content (AvgIpc) is 2.71. The maximum absolute atomic E-state index is 12.5. The molecule has 2 aromatic rings. The smallest absolute Gasteiger partial charge is 0.254 e. The van der Waals surface area contributed by atoms with Crippen molar-refractivity contribution in [3.63, 3.8) is 0 Å². The first-order valence-corrected chi connectivity index (χ1v) is 8.03. The van der Waals surface area contributed by atoms with E-state index in [9.17, 15) is 4.79 Å². The van der Waals surface area contributed by atoms with Gasteiger partial charge in [0, 0.05) is 24.7 Å². The molecule has 0 fully saturated rings. The fraction of sp³-hybridized carbons (Fsp3) is 0.529. The Hall–Kier alpha value is -2.04. The molecule has 0 aromatic carbocycles. The summed E-state index contributed by atoms with van der Waals surface area (Å²) < 4.78 is 1.87. The SMILES string of the molecule is CC(C)CC1CCCCn2c1nc(-c1ccncn1)cc2=O. The second-order valence-corrected chi connectivity index (χ2v) is 6.41. The van der Waals surface area contributed by atoms with E-state index in [1.807, 2.05) is 4.57 Å². The van der Waals surface area contributed by atoms with Gasteiger partial charge in [-0.2, -0.15) is 0 Å². The van der Waals surface area contributed by atoms with Gasteiger partial charge in [0.15, 0.2) is 0 Å². The highest BCUT2D eigenvalue weighted by Crippen LogP contribution is 2.30. The van der Waals surface area contributed by atoms with Crippen molar-refractivity contribution in [3.8, 4) is 11.4 Å². The van der Waals surface area contributed by atoms with Crippen molar-refractivity contribution in [1.82, 2.24) is 19.5 Å². The predicted octanol–water partition coefficient (Wildman–Crippen LogP) is 3.01. The summed E-state index contributed by atoms with van der Waals surface area (Å²) in [5.74, 6) is 1.89. The monoisotopic (exact) mass is 298 g/mol. The Bertz CT molecular complexity index is 694. The third-order valence-electron chi connectivity index (χ3n) is 4.19. The van der Waals surface area contributed by atoms with Crippen LogP contribution in [-0.4, -0.2) is 19.5 Å². The van der Waals surface area contributed by atoms with Crippen LogP contribution in [0.3, 0.4) is 0 Å². The fourth-order valence-electron chi connectivity index (χ4n) is 3.22. The van der Waals surface area contributed by atoms with Crippen molar-refractivity contribution in [3.05, 3.63) is 40.8 Å². The molecular weight excluding hydrogens is 276 g/mol. The van der Waals surface area contributed by atoms with Gasteiger partial charge in [-0.3, -0.25) is 9.36 Å². The zero-order valence-corrected chi connectivity index (χ0v) is 13.2. The molecule has 0 radical (unpaired) electrons. The summed E-state index contributed by atoms with van der Waals surface area (Å²) in [5, 5.41) is 0. The molecule has 0 saturated carbocycles. The minimum absolute atomic E-state index is 0.0364. The van der Waals surface area contributed by atoms with Crippen molar-refractivity contribution in [1.29, 1.82) is 0 Å². The van der Waals surface area contributed by atoms with Gasteiger partial charge >= 0.3 is 0 Å². The number of hydrogen-bond acceptors (Lipinski definition) is 4. The largest absolute Gasteiger partial charge is 0.296 e. The van der Waals surface area contributed by atoms with Crippen LogP contribution < -0.4 is 5.56 Å². The molecule has 0 saturated heterocycles. The van der Waals surface area contributed by atoms with Gasteiger partial charge in [0.05, 0.1) is 11.4 Å². The van der Waals surface area contributed by atoms with E-state index in [0.29, 0.717) is 23.2 Å². The van der Waals surface area contributed by atoms with Crippen molar-refractivity contribution in [2.45, 2.75) is 52.0 Å². The topological polar surface area (TPSA) is 60.7 Å². The van der Waals surface area contributed by atoms with Gasteiger partial charge in [0.1, 0.15) is 12.2 Å². The lowest BCUT2D eigenvalue weighted by Gasteiger charge is -2.19. The van der Waals surface area contributed by atoms with Crippen molar-refractivity contribution < 1.29 is 0 Å². The Morgan fingerprint density at radius 1 is 1.32 bits per heavy atom. The summed E-state index contributed by atoms with van der Waals surface area (Å²) in [6, 6.07) is 3.40. The van der Waals surface area contributed by atoms with E-state index in [1.165, 1.54) is 6.33 Å². The number of nitrogens with zero attached hydrogens (tertiary/aromatic N) is 4. The molecule has 0 bridgehead atoms. The van der Waals surface area contributed by atoms with Gasteiger partial charge in [-0.25, -0.2) is 15.0 Å². The maximum Gasteiger partial charge on any atom is 0.254 e. The van der Waals surface area contributed by atoms with Crippen LogP contribution in [0.1, 0.15) is 51.3 Å². The molecular formula is C17H22N4O. The lowest BCUT2D eigenvalue weighted by molar-refractivity contribution is 0.454. The molecule has 1 unspecified atom stereocenters. The lowest BCUT2D eigenvalue weighted by atomic mass is 9.92. The molecule has 3 heterocycles. The number of hydrogen-bond donors (Lipinski definition) is 0. The van der Waals surface area contributed by atoms with Crippen LogP contribution in [0.25, 0.3) is 11.4 Å². The highest BCUT2D eigenvalue weighted by molar-refractivity contribution is 5.52. The van der Waals surface area contributed by atoms with Crippen molar-refractivity contribution in [2.24, 2.45) is 5.92 Å². The molecule has 2 aromatic heterocycles. The maximum atomic E-state index is 12.5. The minimum Gasteiger partial charge on any atom is -0.296 e. The van der Waals surface area contributed by atoms with E-state index in [-0.39, 0.29) is 5.56 Å². The van der Waals surface area contributed by atoms with Crippen molar-refractivity contribution in [2.75, 3.05) is 0 Å². The first-order chi connectivity index (χ1) is 10.6. The summed E-state index contributed by atoms with van der Waals surface area (Å²) in [5.41, 5.74) is 1.41. The Morgan fingerprint density at radius 2 is 2.18 bits per heavy atom. The molecule has 0 spiro atoms. The standard InChI is InChI=1S/C17H22N4O/c1-12(2)9-13-5-3-4-8-21-16(22)10-15(20-17(13)21)14-6-7-18-11-19-14/h6-7,10-13H,3-5,8-9H2,1-2H3. The summed E-state index contributed by atoms with van der Waals surface area (Å²) in [4.78, 5) is 25.5. The molecule has 0 amide bonds. The third kappa shape index (κ3) is 3.08. The zero-order valence-electron chi connectivity index (χ0n) is 13.2. The van der Waals surface area contributed by atoms with Crippen LogP contribution in [0.5, 0.6) is 0 Å². The van der Waals surface area contributed by atoms with Gasteiger partial charge in [0.2, 0.25) is 0 Å². The number of aromatic nitrogens is 4. The second-order valence-electron chi connectivity index (χ2n) is 6.41. The molecule has 0 N–H and O–H groups in total. The number of fused-ring (bicyclic) bond motifs is 1. The highest BCUT2D eigenvalue weighted by Gasteiger charge is 2.23. The third-order valence-corrected chi connectivity index (χ3v) is 4.19. The normalized spacial score (nSPS) is 18.0. The zero-order chi connectivity index (χ0) is 15.5. The van der Waals surface area contributed by atoms with Gasteiger partial charge in [-0.1, -0.05) is 20.3 Å². The molecule has 1 atom stereocenters. The predicted molar refractivity (Wildman–Crippen MR) is 85.6 cm³/mol. The fourth-order valence-corrected chi connectivity index (χ4v) is 3.22.